The molecule has 1 aromatic carbocycles. The van der Waals surface area contributed by atoms with E-state index in [1.54, 1.807) is 13.1 Å². The van der Waals surface area contributed by atoms with E-state index in [0.717, 1.165) is 12.5 Å². The van der Waals surface area contributed by atoms with Gasteiger partial charge in [-0.05, 0) is 31.2 Å². The molecule has 84 valence electrons. The fourth-order valence-electron chi connectivity index (χ4n) is 1.54. The highest BCUT2D eigenvalue weighted by Crippen LogP contribution is 2.31. The fraction of sp³-hybridized carbons (Fsp3) is 0.455. The molecule has 0 aliphatic carbocycles. The molecule has 0 bridgehead atoms. The minimum absolute atomic E-state index is 0.0210. The highest BCUT2D eigenvalue weighted by Gasteiger charge is 2.30. The molecule has 0 aromatic heterocycles. The Morgan fingerprint density at radius 1 is 1.33 bits per heavy atom. The summed E-state index contributed by atoms with van der Waals surface area (Å²) in [7, 11) is 1.74. The van der Waals surface area contributed by atoms with Gasteiger partial charge in [0.2, 0.25) is 0 Å². The van der Waals surface area contributed by atoms with Crippen LogP contribution in [0.5, 0.6) is 0 Å². The lowest BCUT2D eigenvalue weighted by Gasteiger charge is -2.16. The zero-order valence-electron chi connectivity index (χ0n) is 8.73. The largest absolute Gasteiger partial charge is 0.416 e. The molecule has 1 nitrogen and oxygen atoms in total. The number of rotatable bonds is 3. The molecule has 0 radical (unpaired) electrons. The van der Waals surface area contributed by atoms with Gasteiger partial charge in [0.1, 0.15) is 0 Å². The van der Waals surface area contributed by atoms with Gasteiger partial charge in [0, 0.05) is 6.04 Å². The van der Waals surface area contributed by atoms with E-state index < -0.39 is 11.7 Å². The molecule has 0 fully saturated rings. The first-order valence-corrected chi connectivity index (χ1v) is 4.83. The summed E-state index contributed by atoms with van der Waals surface area (Å²) in [4.78, 5) is 0. The number of alkyl halides is 3. The van der Waals surface area contributed by atoms with Gasteiger partial charge < -0.3 is 5.32 Å². The quantitative estimate of drug-likeness (QED) is 0.818. The van der Waals surface area contributed by atoms with Crippen LogP contribution in [0.2, 0.25) is 0 Å². The highest BCUT2D eigenvalue weighted by atomic mass is 19.4. The molecule has 0 unspecified atom stereocenters. The van der Waals surface area contributed by atoms with Gasteiger partial charge in [-0.3, -0.25) is 0 Å². The second kappa shape index (κ2) is 4.66. The van der Waals surface area contributed by atoms with E-state index in [0.29, 0.717) is 5.56 Å². The van der Waals surface area contributed by atoms with Crippen LogP contribution in [0, 0.1) is 0 Å². The van der Waals surface area contributed by atoms with Gasteiger partial charge in [0.05, 0.1) is 5.56 Å². The zero-order chi connectivity index (χ0) is 11.5. The summed E-state index contributed by atoms with van der Waals surface area (Å²) in [5.41, 5.74) is 0.0866. The third-order valence-corrected chi connectivity index (χ3v) is 2.37. The number of halogens is 3. The van der Waals surface area contributed by atoms with Gasteiger partial charge in [-0.25, -0.2) is 0 Å². The predicted molar refractivity (Wildman–Crippen MR) is 53.5 cm³/mol. The Balaban J connectivity index is 3.02. The Bertz CT molecular complexity index is 316. The normalized spacial score (nSPS) is 13.9. The molecule has 1 rings (SSSR count). The van der Waals surface area contributed by atoms with Gasteiger partial charge in [0.25, 0.3) is 0 Å². The minimum Gasteiger partial charge on any atom is -0.313 e. The Hall–Kier alpha value is -1.03. The summed E-state index contributed by atoms with van der Waals surface area (Å²) in [6.07, 6.45) is -3.50. The lowest BCUT2D eigenvalue weighted by Crippen LogP contribution is -2.16. The van der Waals surface area contributed by atoms with Crippen molar-refractivity contribution in [1.29, 1.82) is 0 Å². The first kappa shape index (κ1) is 12.0. The topological polar surface area (TPSA) is 12.0 Å². The third kappa shape index (κ3) is 2.96. The van der Waals surface area contributed by atoms with Crippen molar-refractivity contribution in [1.82, 2.24) is 5.32 Å². The van der Waals surface area contributed by atoms with Crippen LogP contribution in [-0.2, 0) is 6.18 Å². The van der Waals surface area contributed by atoms with Crippen LogP contribution in [0.3, 0.4) is 0 Å². The van der Waals surface area contributed by atoms with Gasteiger partial charge in [-0.15, -0.1) is 0 Å². The molecular weight excluding hydrogens is 203 g/mol. The maximum atomic E-state index is 12.4. The summed E-state index contributed by atoms with van der Waals surface area (Å²) in [5, 5.41) is 2.98. The van der Waals surface area contributed by atoms with Crippen molar-refractivity contribution in [2.45, 2.75) is 25.6 Å². The van der Waals surface area contributed by atoms with E-state index in [9.17, 15) is 13.2 Å². The molecular formula is C11H14F3N. The molecule has 1 atom stereocenters. The first-order valence-electron chi connectivity index (χ1n) is 4.83. The molecule has 15 heavy (non-hydrogen) atoms. The molecule has 4 heteroatoms. The summed E-state index contributed by atoms with van der Waals surface area (Å²) in [5.74, 6) is 0. The fourth-order valence-corrected chi connectivity index (χ4v) is 1.54. The molecule has 0 spiro atoms. The van der Waals surface area contributed by atoms with Crippen molar-refractivity contribution in [3.63, 3.8) is 0 Å². The van der Waals surface area contributed by atoms with Crippen LogP contribution in [0.4, 0.5) is 13.2 Å². The van der Waals surface area contributed by atoms with Crippen molar-refractivity contribution < 1.29 is 13.2 Å². The molecule has 0 amide bonds. The lowest BCUT2D eigenvalue weighted by molar-refractivity contribution is -0.137. The van der Waals surface area contributed by atoms with E-state index in [-0.39, 0.29) is 6.04 Å². The SMILES string of the molecule is CC[C@@H](NC)c1cccc(C(F)(F)F)c1. The van der Waals surface area contributed by atoms with Crippen molar-refractivity contribution in [2.24, 2.45) is 0 Å². The number of hydrogen-bond acceptors (Lipinski definition) is 1. The standard InChI is InChI=1S/C11H14F3N/c1-3-10(15-2)8-5-4-6-9(7-8)11(12,13)14/h4-7,10,15H,3H2,1-2H3/t10-/m1/s1. The summed E-state index contributed by atoms with van der Waals surface area (Å²) in [6.45, 7) is 1.93. The molecule has 0 saturated heterocycles. The first-order chi connectivity index (χ1) is 6.99. The monoisotopic (exact) mass is 217 g/mol. The second-order valence-corrected chi connectivity index (χ2v) is 3.37. The van der Waals surface area contributed by atoms with Crippen LogP contribution < -0.4 is 5.32 Å². The Morgan fingerprint density at radius 3 is 2.47 bits per heavy atom. The van der Waals surface area contributed by atoms with Crippen molar-refractivity contribution in [3.8, 4) is 0 Å². The van der Waals surface area contributed by atoms with Gasteiger partial charge in [-0.2, -0.15) is 13.2 Å². The van der Waals surface area contributed by atoms with E-state index >= 15 is 0 Å². The predicted octanol–water partition coefficient (Wildman–Crippen LogP) is 3.38. The van der Waals surface area contributed by atoms with Crippen LogP contribution in [-0.4, -0.2) is 7.05 Å². The minimum atomic E-state index is -4.26. The molecule has 0 heterocycles. The van der Waals surface area contributed by atoms with Crippen LogP contribution >= 0.6 is 0 Å². The Kier molecular flexibility index (Phi) is 3.74. The van der Waals surface area contributed by atoms with Gasteiger partial charge in [-0.1, -0.05) is 19.1 Å². The lowest BCUT2D eigenvalue weighted by atomic mass is 10.0. The van der Waals surface area contributed by atoms with E-state index in [1.165, 1.54) is 12.1 Å². The van der Waals surface area contributed by atoms with E-state index in [1.807, 2.05) is 6.92 Å². The number of hydrogen-bond donors (Lipinski definition) is 1. The van der Waals surface area contributed by atoms with Gasteiger partial charge in [0.15, 0.2) is 0 Å². The van der Waals surface area contributed by atoms with Gasteiger partial charge >= 0.3 is 6.18 Å². The van der Waals surface area contributed by atoms with Crippen molar-refractivity contribution in [2.75, 3.05) is 7.05 Å². The number of nitrogens with one attached hydrogen (secondary N) is 1. The molecule has 1 aromatic rings. The van der Waals surface area contributed by atoms with Crippen molar-refractivity contribution in [3.05, 3.63) is 35.4 Å². The average Bonchev–Trinajstić information content (AvgIpc) is 2.19. The molecule has 0 aliphatic rings. The third-order valence-electron chi connectivity index (χ3n) is 2.37. The van der Waals surface area contributed by atoms with E-state index in [4.69, 9.17) is 0 Å². The van der Waals surface area contributed by atoms with E-state index in [2.05, 4.69) is 5.32 Å². The Labute approximate surface area is 87.3 Å². The molecule has 1 N–H and O–H groups in total. The summed E-state index contributed by atoms with van der Waals surface area (Å²) < 4.78 is 37.3. The molecule has 0 saturated carbocycles. The van der Waals surface area contributed by atoms with Crippen LogP contribution in [0.25, 0.3) is 0 Å². The highest BCUT2D eigenvalue weighted by molar-refractivity contribution is 5.27. The maximum absolute atomic E-state index is 12.4. The zero-order valence-corrected chi connectivity index (χ0v) is 8.73. The Morgan fingerprint density at radius 2 is 2.00 bits per heavy atom. The summed E-state index contributed by atoms with van der Waals surface area (Å²) in [6, 6.07) is 5.42. The van der Waals surface area contributed by atoms with Crippen LogP contribution in [0.15, 0.2) is 24.3 Å². The average molecular weight is 217 g/mol. The second-order valence-electron chi connectivity index (χ2n) is 3.37. The summed E-state index contributed by atoms with van der Waals surface area (Å²) >= 11 is 0. The molecule has 0 aliphatic heterocycles. The maximum Gasteiger partial charge on any atom is 0.416 e. The number of benzene rings is 1. The smallest absolute Gasteiger partial charge is 0.313 e. The van der Waals surface area contributed by atoms with Crippen molar-refractivity contribution >= 4 is 0 Å². The van der Waals surface area contributed by atoms with Crippen LogP contribution in [0.1, 0.15) is 30.5 Å².